The maximum atomic E-state index is 9.29. The van der Waals surface area contributed by atoms with Gasteiger partial charge in [0.2, 0.25) is 5.69 Å². The normalized spacial score (nSPS) is 16.2. The van der Waals surface area contributed by atoms with Gasteiger partial charge in [-0.05, 0) is 49.2 Å². The molecule has 1 aliphatic carbocycles. The third-order valence-electron chi connectivity index (χ3n) is 6.09. The van der Waals surface area contributed by atoms with Crippen molar-refractivity contribution >= 4 is 28.1 Å². The Kier molecular flexibility index (Phi) is 6.98. The number of hydrogen-bond donors (Lipinski definition) is 2. The maximum Gasteiger partial charge on any atom is 0.253 e. The summed E-state index contributed by atoms with van der Waals surface area (Å²) in [5, 5.41) is 18.2. The molecule has 0 unspecified atom stereocenters. The Morgan fingerprint density at radius 2 is 2.03 bits per heavy atom. The third kappa shape index (κ3) is 5.71. The first-order valence-corrected chi connectivity index (χ1v) is 11.9. The predicted molar refractivity (Wildman–Crippen MR) is 130 cm³/mol. The van der Waals surface area contributed by atoms with Crippen LogP contribution in [0.15, 0.2) is 36.7 Å². The number of nitrogens with one attached hydrogen (secondary N) is 2. The van der Waals surface area contributed by atoms with Gasteiger partial charge in [0.1, 0.15) is 11.9 Å². The molecule has 3 heterocycles. The topological polar surface area (TPSA) is 108 Å². The summed E-state index contributed by atoms with van der Waals surface area (Å²) in [6.45, 7) is 6.26. The Morgan fingerprint density at radius 1 is 1.15 bits per heavy atom. The number of benzene rings is 1. The molecule has 2 N–H and O–H groups in total. The van der Waals surface area contributed by atoms with E-state index < -0.39 is 0 Å². The SMILES string of the molecule is N#Cc1ncc(Nc2cc3cccc(NCCCN4CCOCC4)c3cn2)nc1OCC1CC1. The lowest BCUT2D eigenvalue weighted by atomic mass is 10.1. The van der Waals surface area contributed by atoms with Crippen LogP contribution >= 0.6 is 0 Å². The summed E-state index contributed by atoms with van der Waals surface area (Å²) in [7, 11) is 0. The van der Waals surface area contributed by atoms with Crippen LogP contribution in [0.2, 0.25) is 0 Å². The first-order valence-electron chi connectivity index (χ1n) is 11.9. The zero-order chi connectivity index (χ0) is 23.2. The van der Waals surface area contributed by atoms with Gasteiger partial charge < -0.3 is 20.1 Å². The van der Waals surface area contributed by atoms with Crippen molar-refractivity contribution in [2.75, 3.05) is 56.6 Å². The van der Waals surface area contributed by atoms with Crippen molar-refractivity contribution in [3.63, 3.8) is 0 Å². The van der Waals surface area contributed by atoms with Crippen molar-refractivity contribution in [1.82, 2.24) is 19.9 Å². The summed E-state index contributed by atoms with van der Waals surface area (Å²) >= 11 is 0. The summed E-state index contributed by atoms with van der Waals surface area (Å²) in [6, 6.07) is 10.2. The molecule has 5 rings (SSSR count). The number of aromatic nitrogens is 3. The summed E-state index contributed by atoms with van der Waals surface area (Å²) in [5.41, 5.74) is 1.27. The Labute approximate surface area is 199 Å². The maximum absolute atomic E-state index is 9.29. The van der Waals surface area contributed by atoms with Crippen LogP contribution < -0.4 is 15.4 Å². The number of anilines is 3. The van der Waals surface area contributed by atoms with Gasteiger partial charge in [-0.15, -0.1) is 0 Å². The first kappa shape index (κ1) is 22.3. The van der Waals surface area contributed by atoms with E-state index in [1.807, 2.05) is 24.4 Å². The van der Waals surface area contributed by atoms with E-state index >= 15 is 0 Å². The highest BCUT2D eigenvalue weighted by Gasteiger charge is 2.23. The molecule has 0 atom stereocenters. The van der Waals surface area contributed by atoms with E-state index in [1.54, 1.807) is 0 Å². The molecule has 2 fully saturated rings. The molecule has 176 valence electrons. The molecule has 9 heteroatoms. The molecule has 3 aromatic rings. The fourth-order valence-electron chi connectivity index (χ4n) is 3.97. The van der Waals surface area contributed by atoms with Crippen LogP contribution in [0.3, 0.4) is 0 Å². The molecule has 1 aliphatic heterocycles. The van der Waals surface area contributed by atoms with Crippen LogP contribution in [-0.2, 0) is 4.74 Å². The Bertz CT molecular complexity index is 1170. The molecule has 2 aliphatic rings. The summed E-state index contributed by atoms with van der Waals surface area (Å²) in [6.07, 6.45) is 6.80. The van der Waals surface area contributed by atoms with Crippen molar-refractivity contribution in [3.05, 3.63) is 42.4 Å². The predicted octanol–water partition coefficient (Wildman–Crippen LogP) is 3.56. The minimum absolute atomic E-state index is 0.196. The molecule has 2 aromatic heterocycles. The molecule has 1 saturated carbocycles. The number of fused-ring (bicyclic) bond motifs is 1. The highest BCUT2D eigenvalue weighted by Crippen LogP contribution is 2.30. The summed E-state index contributed by atoms with van der Waals surface area (Å²) < 4.78 is 11.1. The number of nitriles is 1. The smallest absolute Gasteiger partial charge is 0.253 e. The Balaban J connectivity index is 1.22. The monoisotopic (exact) mass is 459 g/mol. The zero-order valence-electron chi connectivity index (χ0n) is 19.2. The second-order valence-electron chi connectivity index (χ2n) is 8.73. The Morgan fingerprint density at radius 3 is 2.85 bits per heavy atom. The molecule has 34 heavy (non-hydrogen) atoms. The highest BCUT2D eigenvalue weighted by molar-refractivity contribution is 5.94. The minimum atomic E-state index is 0.196. The molecule has 0 radical (unpaired) electrons. The van der Waals surface area contributed by atoms with Crippen molar-refractivity contribution in [3.8, 4) is 11.9 Å². The average Bonchev–Trinajstić information content (AvgIpc) is 3.71. The van der Waals surface area contributed by atoms with E-state index in [4.69, 9.17) is 9.47 Å². The third-order valence-corrected chi connectivity index (χ3v) is 6.09. The molecule has 0 amide bonds. The second-order valence-corrected chi connectivity index (χ2v) is 8.73. The second kappa shape index (κ2) is 10.6. The zero-order valence-corrected chi connectivity index (χ0v) is 19.2. The first-order chi connectivity index (χ1) is 16.8. The van der Waals surface area contributed by atoms with Gasteiger partial charge in [-0.3, -0.25) is 4.90 Å². The molecule has 0 bridgehead atoms. The van der Waals surface area contributed by atoms with Gasteiger partial charge >= 0.3 is 0 Å². The van der Waals surface area contributed by atoms with Crippen molar-refractivity contribution in [2.45, 2.75) is 19.3 Å². The van der Waals surface area contributed by atoms with Gasteiger partial charge in [-0.1, -0.05) is 12.1 Å². The van der Waals surface area contributed by atoms with E-state index in [1.165, 1.54) is 19.0 Å². The van der Waals surface area contributed by atoms with Gasteiger partial charge in [0, 0.05) is 36.9 Å². The molecule has 1 aromatic carbocycles. The number of morpholine rings is 1. The average molecular weight is 460 g/mol. The van der Waals surface area contributed by atoms with Crippen LogP contribution in [0.1, 0.15) is 25.0 Å². The van der Waals surface area contributed by atoms with E-state index in [9.17, 15) is 5.26 Å². The molecular formula is C25H29N7O2. The number of nitrogens with zero attached hydrogens (tertiary/aromatic N) is 5. The molecule has 9 nitrogen and oxygen atoms in total. The molecular weight excluding hydrogens is 430 g/mol. The summed E-state index contributed by atoms with van der Waals surface area (Å²) in [4.78, 5) is 15.6. The van der Waals surface area contributed by atoms with Crippen molar-refractivity contribution in [2.24, 2.45) is 5.92 Å². The minimum Gasteiger partial charge on any atom is -0.475 e. The lowest BCUT2D eigenvalue weighted by Crippen LogP contribution is -2.37. The van der Waals surface area contributed by atoms with Crippen molar-refractivity contribution < 1.29 is 9.47 Å². The summed E-state index contributed by atoms with van der Waals surface area (Å²) in [5.74, 6) is 1.98. The molecule has 1 saturated heterocycles. The Hall–Kier alpha value is -3.48. The van der Waals surface area contributed by atoms with Gasteiger partial charge in [0.25, 0.3) is 5.88 Å². The lowest BCUT2D eigenvalue weighted by molar-refractivity contribution is 0.0378. The van der Waals surface area contributed by atoms with Gasteiger partial charge in [-0.2, -0.15) is 10.2 Å². The van der Waals surface area contributed by atoms with E-state index in [2.05, 4.69) is 42.6 Å². The number of ether oxygens (including phenoxy) is 2. The van der Waals surface area contributed by atoms with E-state index in [0.717, 1.165) is 62.3 Å². The van der Waals surface area contributed by atoms with Gasteiger partial charge in [0.05, 0.1) is 26.0 Å². The van der Waals surface area contributed by atoms with Gasteiger partial charge in [-0.25, -0.2) is 9.97 Å². The van der Waals surface area contributed by atoms with Crippen molar-refractivity contribution in [1.29, 1.82) is 5.26 Å². The van der Waals surface area contributed by atoms with Crippen LogP contribution in [0.25, 0.3) is 10.8 Å². The molecule has 0 spiro atoms. The standard InChI is InChI=1S/C25H29N7O2/c26-14-22-25(34-17-18-5-6-18)31-24(16-28-22)30-23-13-19-3-1-4-21(20(19)15-29-23)27-7-2-8-32-9-11-33-12-10-32/h1,3-4,13,15-16,18,27H,2,5-12,17H2,(H,29,30,31). The number of hydrogen-bond acceptors (Lipinski definition) is 9. The lowest BCUT2D eigenvalue weighted by Gasteiger charge is -2.26. The number of rotatable bonds is 10. The fraction of sp³-hybridized carbons (Fsp3) is 0.440. The van der Waals surface area contributed by atoms with Crippen LogP contribution in [0.5, 0.6) is 5.88 Å². The van der Waals surface area contributed by atoms with Gasteiger partial charge in [0.15, 0.2) is 5.82 Å². The fourth-order valence-corrected chi connectivity index (χ4v) is 3.97. The number of pyridine rings is 1. The van der Waals surface area contributed by atoms with Crippen LogP contribution in [0, 0.1) is 17.2 Å². The van der Waals surface area contributed by atoms with Crippen LogP contribution in [-0.4, -0.2) is 65.9 Å². The van der Waals surface area contributed by atoms with E-state index in [0.29, 0.717) is 24.2 Å². The van der Waals surface area contributed by atoms with Crippen LogP contribution in [0.4, 0.5) is 17.3 Å². The highest BCUT2D eigenvalue weighted by atomic mass is 16.5. The quantitative estimate of drug-likeness (QED) is 0.440. The largest absolute Gasteiger partial charge is 0.475 e. The van der Waals surface area contributed by atoms with E-state index in [-0.39, 0.29) is 11.6 Å².